The van der Waals surface area contributed by atoms with Crippen LogP contribution in [0.1, 0.15) is 29.8 Å². The lowest BCUT2D eigenvalue weighted by molar-refractivity contribution is -0.132. The molecule has 3 rings (SSSR count). The van der Waals surface area contributed by atoms with Crippen molar-refractivity contribution < 1.29 is 24.2 Å². The van der Waals surface area contributed by atoms with Gasteiger partial charge < -0.3 is 19.5 Å². The van der Waals surface area contributed by atoms with Gasteiger partial charge in [-0.2, -0.15) is 0 Å². The van der Waals surface area contributed by atoms with E-state index in [2.05, 4.69) is 0 Å². The number of aliphatic hydroxyl groups excluding tert-OH is 1. The molecular weight excluding hydrogens is 334 g/mol. The highest BCUT2D eigenvalue weighted by Crippen LogP contribution is 2.39. The monoisotopic (exact) mass is 355 g/mol. The van der Waals surface area contributed by atoms with Crippen LogP contribution in [0.15, 0.2) is 42.5 Å². The molecule has 1 aliphatic heterocycles. The molecule has 26 heavy (non-hydrogen) atoms. The van der Waals surface area contributed by atoms with Crippen molar-refractivity contribution in [3.05, 3.63) is 53.6 Å². The summed E-state index contributed by atoms with van der Waals surface area (Å²) < 4.78 is 11.0. The van der Waals surface area contributed by atoms with Crippen LogP contribution in [0.3, 0.4) is 0 Å². The number of ether oxygens (including phenoxy) is 2. The number of benzene rings is 2. The highest BCUT2D eigenvalue weighted by Gasteiger charge is 2.41. The number of carbonyl (C=O) groups is 2. The second kappa shape index (κ2) is 6.80. The minimum Gasteiger partial charge on any atom is -0.497 e. The Morgan fingerprint density at radius 3 is 2.50 bits per heavy atom. The first kappa shape index (κ1) is 17.9. The summed E-state index contributed by atoms with van der Waals surface area (Å²) >= 11 is 0. The molecule has 0 saturated carbocycles. The summed E-state index contributed by atoms with van der Waals surface area (Å²) in [7, 11) is 1.60. The lowest BCUT2D eigenvalue weighted by Crippen LogP contribution is -2.52. The Morgan fingerprint density at radius 1 is 1.19 bits per heavy atom. The number of rotatable bonds is 5. The predicted molar refractivity (Wildman–Crippen MR) is 96.7 cm³/mol. The van der Waals surface area contributed by atoms with Crippen molar-refractivity contribution in [1.29, 1.82) is 0 Å². The van der Waals surface area contributed by atoms with Gasteiger partial charge in [-0.05, 0) is 49.7 Å². The van der Waals surface area contributed by atoms with E-state index in [-0.39, 0.29) is 5.91 Å². The van der Waals surface area contributed by atoms with E-state index in [0.29, 0.717) is 23.5 Å². The topological polar surface area (TPSA) is 76.1 Å². The average Bonchev–Trinajstić information content (AvgIpc) is 2.64. The van der Waals surface area contributed by atoms with Gasteiger partial charge in [0.1, 0.15) is 18.1 Å². The molecular formula is C20H21NO5. The van der Waals surface area contributed by atoms with Crippen molar-refractivity contribution in [2.24, 2.45) is 0 Å². The van der Waals surface area contributed by atoms with Gasteiger partial charge in [0.15, 0.2) is 11.4 Å². The minimum atomic E-state index is -1.01. The van der Waals surface area contributed by atoms with E-state index in [9.17, 15) is 9.59 Å². The van der Waals surface area contributed by atoms with Crippen LogP contribution in [0.5, 0.6) is 11.5 Å². The maximum Gasteiger partial charge on any atom is 0.271 e. The molecule has 0 aromatic heterocycles. The number of methoxy groups -OCH3 is 1. The molecule has 1 amide bonds. The van der Waals surface area contributed by atoms with E-state index >= 15 is 0 Å². The lowest BCUT2D eigenvalue weighted by atomic mass is 10.0. The van der Waals surface area contributed by atoms with Crippen LogP contribution in [0.4, 0.5) is 5.69 Å². The number of amides is 1. The predicted octanol–water partition coefficient (Wildman–Crippen LogP) is 2.57. The molecule has 0 fully saturated rings. The summed E-state index contributed by atoms with van der Waals surface area (Å²) in [4.78, 5) is 26.4. The number of hydrogen-bond donors (Lipinski definition) is 1. The Kier molecular flexibility index (Phi) is 4.70. The molecule has 0 spiro atoms. The molecule has 0 unspecified atom stereocenters. The van der Waals surface area contributed by atoms with E-state index < -0.39 is 18.0 Å². The third-order valence-electron chi connectivity index (χ3n) is 4.34. The first-order valence-electron chi connectivity index (χ1n) is 8.28. The summed E-state index contributed by atoms with van der Waals surface area (Å²) in [6, 6.07) is 12.3. The molecule has 0 radical (unpaired) electrons. The molecule has 2 aromatic rings. The smallest absolute Gasteiger partial charge is 0.271 e. The summed E-state index contributed by atoms with van der Waals surface area (Å²) in [5, 5.41) is 9.10. The second-order valence-corrected chi connectivity index (χ2v) is 6.62. The van der Waals surface area contributed by atoms with Gasteiger partial charge >= 0.3 is 0 Å². The van der Waals surface area contributed by atoms with Gasteiger partial charge in [0.2, 0.25) is 0 Å². The third-order valence-corrected chi connectivity index (χ3v) is 4.34. The van der Waals surface area contributed by atoms with Crippen molar-refractivity contribution in [2.75, 3.05) is 18.6 Å². The van der Waals surface area contributed by atoms with Crippen LogP contribution < -0.4 is 14.4 Å². The first-order chi connectivity index (χ1) is 12.4. The number of Topliss-reactive ketones (excluding diaryl/α,β-unsaturated/α-hetero) is 1. The SMILES string of the molecule is COc1ccc(CN2C(=O)C(C)(C)Oc3ccc(C(=O)CO)cc32)cc1. The van der Waals surface area contributed by atoms with Crippen LogP contribution in [-0.4, -0.2) is 36.1 Å². The Balaban J connectivity index is 2.01. The lowest BCUT2D eigenvalue weighted by Gasteiger charge is -2.39. The van der Waals surface area contributed by atoms with Crippen molar-refractivity contribution in [3.63, 3.8) is 0 Å². The molecule has 6 nitrogen and oxygen atoms in total. The van der Waals surface area contributed by atoms with Crippen molar-refractivity contribution in [1.82, 2.24) is 0 Å². The molecule has 1 heterocycles. The molecule has 0 atom stereocenters. The van der Waals surface area contributed by atoms with E-state index in [1.54, 1.807) is 44.1 Å². The molecule has 0 bridgehead atoms. The Hall–Kier alpha value is -2.86. The first-order valence-corrected chi connectivity index (χ1v) is 8.28. The molecule has 0 aliphatic carbocycles. The molecule has 0 saturated heterocycles. The van der Waals surface area contributed by atoms with Gasteiger partial charge in [0, 0.05) is 5.56 Å². The highest BCUT2D eigenvalue weighted by atomic mass is 16.5. The van der Waals surface area contributed by atoms with Gasteiger partial charge in [0.25, 0.3) is 5.91 Å². The zero-order valence-electron chi connectivity index (χ0n) is 15.0. The normalized spacial score (nSPS) is 15.2. The number of hydrogen-bond acceptors (Lipinski definition) is 5. The Morgan fingerprint density at radius 2 is 1.88 bits per heavy atom. The van der Waals surface area contributed by atoms with Gasteiger partial charge in [-0.3, -0.25) is 9.59 Å². The average molecular weight is 355 g/mol. The summed E-state index contributed by atoms with van der Waals surface area (Å²) in [6.45, 7) is 3.18. The highest BCUT2D eigenvalue weighted by molar-refractivity contribution is 6.04. The van der Waals surface area contributed by atoms with Crippen molar-refractivity contribution in [3.8, 4) is 11.5 Å². The van der Waals surface area contributed by atoms with Crippen molar-refractivity contribution >= 4 is 17.4 Å². The Labute approximate surface area is 152 Å². The number of fused-ring (bicyclic) bond motifs is 1. The van der Waals surface area contributed by atoms with Crippen LogP contribution in [-0.2, 0) is 11.3 Å². The zero-order valence-corrected chi connectivity index (χ0v) is 15.0. The molecule has 1 aliphatic rings. The van der Waals surface area contributed by atoms with Gasteiger partial charge in [-0.25, -0.2) is 0 Å². The van der Waals surface area contributed by atoms with Gasteiger partial charge in [-0.15, -0.1) is 0 Å². The number of aliphatic hydroxyl groups is 1. The fourth-order valence-electron chi connectivity index (χ4n) is 2.90. The quantitative estimate of drug-likeness (QED) is 0.834. The molecule has 2 aromatic carbocycles. The maximum atomic E-state index is 12.9. The van der Waals surface area contributed by atoms with Crippen LogP contribution >= 0.6 is 0 Å². The van der Waals surface area contributed by atoms with E-state index in [4.69, 9.17) is 14.6 Å². The zero-order chi connectivity index (χ0) is 18.9. The largest absolute Gasteiger partial charge is 0.497 e. The summed E-state index contributed by atoms with van der Waals surface area (Å²) in [5.74, 6) is 0.653. The maximum absolute atomic E-state index is 12.9. The number of nitrogens with zero attached hydrogens (tertiary/aromatic N) is 1. The fraction of sp³-hybridized carbons (Fsp3) is 0.300. The second-order valence-electron chi connectivity index (χ2n) is 6.62. The third kappa shape index (κ3) is 3.28. The van der Waals surface area contributed by atoms with Crippen LogP contribution in [0, 0.1) is 0 Å². The van der Waals surface area contributed by atoms with E-state index in [1.807, 2.05) is 24.3 Å². The number of ketones is 1. The van der Waals surface area contributed by atoms with Crippen LogP contribution in [0.2, 0.25) is 0 Å². The van der Waals surface area contributed by atoms with Gasteiger partial charge in [-0.1, -0.05) is 12.1 Å². The van der Waals surface area contributed by atoms with Gasteiger partial charge in [0.05, 0.1) is 19.3 Å². The molecule has 136 valence electrons. The summed E-state index contributed by atoms with van der Waals surface area (Å²) in [6.07, 6.45) is 0. The number of anilines is 1. The van der Waals surface area contributed by atoms with E-state index in [1.165, 1.54) is 0 Å². The van der Waals surface area contributed by atoms with Crippen molar-refractivity contribution in [2.45, 2.75) is 26.0 Å². The number of carbonyl (C=O) groups excluding carboxylic acids is 2. The summed E-state index contributed by atoms with van der Waals surface area (Å²) in [5.41, 5.74) is 0.760. The fourth-order valence-corrected chi connectivity index (χ4v) is 2.90. The van der Waals surface area contributed by atoms with E-state index in [0.717, 1.165) is 11.3 Å². The van der Waals surface area contributed by atoms with Crippen LogP contribution in [0.25, 0.3) is 0 Å². The molecule has 1 N–H and O–H groups in total. The minimum absolute atomic E-state index is 0.200. The standard InChI is InChI=1S/C20H21NO5/c1-20(2)19(24)21(11-13-4-7-15(25-3)8-5-13)16-10-14(17(23)12-22)6-9-18(16)26-20/h4-10,22H,11-12H2,1-3H3. The Bertz CT molecular complexity index is 842. The molecule has 6 heteroatoms.